The molecule has 0 bridgehead atoms. The number of hydrogen-bond acceptors (Lipinski definition) is 4. The number of aromatic nitrogens is 2. The van der Waals surface area contributed by atoms with Crippen LogP contribution in [0.2, 0.25) is 0 Å². The SMILES string of the molecule is c1ccc(-c2cc(-c3cc(-c4cccc5c4sc4ccccc45)cc(-c4ccccc4)c3-c3ccc4sc5ccccc5c4c3)nc(-c3ccccc3)n2)cc1. The van der Waals surface area contributed by atoms with E-state index in [0.717, 1.165) is 55.9 Å². The summed E-state index contributed by atoms with van der Waals surface area (Å²) in [7, 11) is 0. The fourth-order valence-corrected chi connectivity index (χ4v) is 10.4. The maximum absolute atomic E-state index is 5.45. The lowest BCUT2D eigenvalue weighted by molar-refractivity contribution is 1.18. The van der Waals surface area contributed by atoms with Crippen molar-refractivity contribution in [3.63, 3.8) is 0 Å². The molecule has 3 aromatic heterocycles. The number of rotatable bonds is 6. The molecule has 11 rings (SSSR count). The Kier molecular flexibility index (Phi) is 7.90. The highest BCUT2D eigenvalue weighted by atomic mass is 32.1. The molecule has 0 amide bonds. The normalized spacial score (nSPS) is 11.6. The second-order valence-electron chi connectivity index (χ2n) is 14.1. The highest BCUT2D eigenvalue weighted by molar-refractivity contribution is 7.26. The van der Waals surface area contributed by atoms with Crippen LogP contribution in [-0.2, 0) is 0 Å². The van der Waals surface area contributed by atoms with E-state index in [2.05, 4.69) is 188 Å². The summed E-state index contributed by atoms with van der Waals surface area (Å²) in [6.07, 6.45) is 0. The molecular formula is C52H32N2S2. The van der Waals surface area contributed by atoms with Gasteiger partial charge in [0.2, 0.25) is 0 Å². The van der Waals surface area contributed by atoms with Gasteiger partial charge in [-0.3, -0.25) is 0 Å². The molecule has 2 nitrogen and oxygen atoms in total. The van der Waals surface area contributed by atoms with Gasteiger partial charge >= 0.3 is 0 Å². The van der Waals surface area contributed by atoms with Crippen molar-refractivity contribution in [2.75, 3.05) is 0 Å². The Balaban J connectivity index is 1.27. The Morgan fingerprint density at radius 1 is 0.304 bits per heavy atom. The third-order valence-electron chi connectivity index (χ3n) is 10.7. The maximum Gasteiger partial charge on any atom is 0.160 e. The molecule has 0 aliphatic heterocycles. The lowest BCUT2D eigenvalue weighted by Crippen LogP contribution is -1.99. The molecule has 0 spiro atoms. The van der Waals surface area contributed by atoms with E-state index in [-0.39, 0.29) is 0 Å². The van der Waals surface area contributed by atoms with Crippen molar-refractivity contribution >= 4 is 63.0 Å². The average Bonchev–Trinajstić information content (AvgIpc) is 3.85. The second-order valence-corrected chi connectivity index (χ2v) is 16.2. The molecule has 0 aliphatic carbocycles. The van der Waals surface area contributed by atoms with Gasteiger partial charge in [-0.1, -0.05) is 152 Å². The van der Waals surface area contributed by atoms with E-state index >= 15 is 0 Å². The van der Waals surface area contributed by atoms with Crippen molar-refractivity contribution in [3.05, 3.63) is 194 Å². The van der Waals surface area contributed by atoms with Gasteiger partial charge in [-0.25, -0.2) is 9.97 Å². The first kappa shape index (κ1) is 32.7. The van der Waals surface area contributed by atoms with Gasteiger partial charge in [0.05, 0.1) is 11.4 Å². The van der Waals surface area contributed by atoms with Crippen molar-refractivity contribution in [2.45, 2.75) is 0 Å². The van der Waals surface area contributed by atoms with Gasteiger partial charge in [0, 0.05) is 57.0 Å². The molecule has 3 heterocycles. The highest BCUT2D eigenvalue weighted by Gasteiger charge is 2.22. The van der Waals surface area contributed by atoms with E-state index in [4.69, 9.17) is 9.97 Å². The number of hydrogen-bond donors (Lipinski definition) is 0. The average molecular weight is 749 g/mol. The van der Waals surface area contributed by atoms with Crippen molar-refractivity contribution < 1.29 is 0 Å². The Labute approximate surface area is 332 Å². The molecule has 0 radical (unpaired) electrons. The monoisotopic (exact) mass is 748 g/mol. The van der Waals surface area contributed by atoms with Gasteiger partial charge in [0.1, 0.15) is 0 Å². The molecule has 11 aromatic rings. The van der Waals surface area contributed by atoms with Crippen LogP contribution in [0.15, 0.2) is 194 Å². The van der Waals surface area contributed by atoms with Crippen molar-refractivity contribution in [3.8, 4) is 67.3 Å². The smallest absolute Gasteiger partial charge is 0.160 e. The minimum atomic E-state index is 0.699. The van der Waals surface area contributed by atoms with Gasteiger partial charge in [-0.15, -0.1) is 22.7 Å². The zero-order valence-electron chi connectivity index (χ0n) is 30.2. The lowest BCUT2D eigenvalue weighted by atomic mass is 9.85. The standard InChI is InChI=1S/C52H32N2S2/c1-4-15-33(16-5-1)42-30-37(38-23-14-24-41-39-21-10-13-26-48(39)56-51(38)41)31-44(50(42)36-27-28-49-43(29-36)40-22-11-12-25-47(40)55-49)46-32-45(34-17-6-2-7-18-34)53-52(54-46)35-19-8-3-9-20-35/h1-32H. The van der Waals surface area contributed by atoms with Crippen LogP contribution < -0.4 is 0 Å². The predicted octanol–water partition coefficient (Wildman–Crippen LogP) is 15.2. The first-order chi connectivity index (χ1) is 27.7. The van der Waals surface area contributed by atoms with Crippen LogP contribution in [-0.4, -0.2) is 9.97 Å². The van der Waals surface area contributed by atoms with Gasteiger partial charge in [0.25, 0.3) is 0 Å². The molecule has 0 fully saturated rings. The van der Waals surface area contributed by atoms with Gasteiger partial charge < -0.3 is 0 Å². The van der Waals surface area contributed by atoms with Crippen LogP contribution in [0.1, 0.15) is 0 Å². The summed E-state index contributed by atoms with van der Waals surface area (Å²) in [5.74, 6) is 0.699. The number of fused-ring (bicyclic) bond motifs is 6. The van der Waals surface area contributed by atoms with Crippen LogP contribution in [0.3, 0.4) is 0 Å². The minimum absolute atomic E-state index is 0.699. The van der Waals surface area contributed by atoms with E-state index in [1.54, 1.807) is 0 Å². The number of nitrogens with zero attached hydrogens (tertiary/aromatic N) is 2. The minimum Gasteiger partial charge on any atom is -0.228 e. The van der Waals surface area contributed by atoms with Gasteiger partial charge in [0.15, 0.2) is 5.82 Å². The Morgan fingerprint density at radius 3 is 1.62 bits per heavy atom. The summed E-state index contributed by atoms with van der Waals surface area (Å²) >= 11 is 3.71. The fourth-order valence-electron chi connectivity index (χ4n) is 8.07. The molecule has 0 aliphatic rings. The number of thiophene rings is 2. The second kappa shape index (κ2) is 13.5. The highest BCUT2D eigenvalue weighted by Crippen LogP contribution is 2.48. The van der Waals surface area contributed by atoms with E-state index < -0.39 is 0 Å². The summed E-state index contributed by atoms with van der Waals surface area (Å²) in [6, 6.07) is 69.8. The largest absolute Gasteiger partial charge is 0.228 e. The zero-order chi connectivity index (χ0) is 37.0. The molecule has 4 heteroatoms. The van der Waals surface area contributed by atoms with Crippen LogP contribution in [0, 0.1) is 0 Å². The topological polar surface area (TPSA) is 25.8 Å². The summed E-state index contributed by atoms with van der Waals surface area (Å²) in [5, 5.41) is 5.13. The van der Waals surface area contributed by atoms with E-state index in [1.807, 2.05) is 28.7 Å². The third kappa shape index (κ3) is 5.62. The predicted molar refractivity (Wildman–Crippen MR) is 240 cm³/mol. The van der Waals surface area contributed by atoms with Crippen molar-refractivity contribution in [1.29, 1.82) is 0 Å². The third-order valence-corrected chi connectivity index (χ3v) is 13.1. The summed E-state index contributed by atoms with van der Waals surface area (Å²) in [4.78, 5) is 10.6. The molecule has 0 atom stereocenters. The van der Waals surface area contributed by atoms with Crippen LogP contribution >= 0.6 is 22.7 Å². The number of benzene rings is 8. The molecule has 8 aromatic carbocycles. The summed E-state index contributed by atoms with van der Waals surface area (Å²) < 4.78 is 5.16. The van der Waals surface area contributed by atoms with Crippen LogP contribution in [0.4, 0.5) is 0 Å². The zero-order valence-corrected chi connectivity index (χ0v) is 31.8. The Hall–Kier alpha value is -6.72. The van der Waals surface area contributed by atoms with Gasteiger partial charge in [-0.05, 0) is 75.8 Å². The quantitative estimate of drug-likeness (QED) is 0.169. The molecule has 0 N–H and O–H groups in total. The Bertz CT molecular complexity index is 3180. The maximum atomic E-state index is 5.45. The molecule has 0 saturated heterocycles. The Morgan fingerprint density at radius 2 is 0.875 bits per heavy atom. The van der Waals surface area contributed by atoms with Crippen molar-refractivity contribution in [1.82, 2.24) is 9.97 Å². The van der Waals surface area contributed by atoms with E-state index in [9.17, 15) is 0 Å². The molecule has 262 valence electrons. The van der Waals surface area contributed by atoms with Crippen molar-refractivity contribution in [2.24, 2.45) is 0 Å². The van der Waals surface area contributed by atoms with Gasteiger partial charge in [-0.2, -0.15) is 0 Å². The summed E-state index contributed by atoms with van der Waals surface area (Å²) in [5.41, 5.74) is 11.9. The lowest BCUT2D eigenvalue weighted by Gasteiger charge is -2.20. The molecule has 0 unspecified atom stereocenters. The van der Waals surface area contributed by atoms with E-state index in [1.165, 1.54) is 45.9 Å². The van der Waals surface area contributed by atoms with E-state index in [0.29, 0.717) is 5.82 Å². The first-order valence-corrected chi connectivity index (χ1v) is 20.4. The van der Waals surface area contributed by atoms with Crippen LogP contribution in [0.25, 0.3) is 108 Å². The van der Waals surface area contributed by atoms with Crippen LogP contribution in [0.5, 0.6) is 0 Å². The molecular weight excluding hydrogens is 717 g/mol. The molecule has 0 saturated carbocycles. The fraction of sp³-hybridized carbons (Fsp3) is 0. The first-order valence-electron chi connectivity index (χ1n) is 18.8. The summed E-state index contributed by atoms with van der Waals surface area (Å²) in [6.45, 7) is 0. The molecule has 56 heavy (non-hydrogen) atoms.